The third kappa shape index (κ3) is 2.95. The zero-order valence-corrected chi connectivity index (χ0v) is 10.5. The van der Waals surface area contributed by atoms with E-state index < -0.39 is 0 Å². The van der Waals surface area contributed by atoms with Gasteiger partial charge in [0.2, 0.25) is 0 Å². The number of benzene rings is 2. The van der Waals surface area contributed by atoms with Crippen LogP contribution >= 0.6 is 0 Å². The standard InChI is InChI=1S/C16H19N/c1-13-6-3-4-9-16(13)15-8-5-7-14(12-15)10-11-17-2/h3-9,12,17H,10-11H2,1-2H3. The topological polar surface area (TPSA) is 12.0 Å². The zero-order chi connectivity index (χ0) is 12.1. The van der Waals surface area contributed by atoms with Gasteiger partial charge >= 0.3 is 0 Å². The summed E-state index contributed by atoms with van der Waals surface area (Å²) in [6.45, 7) is 3.19. The lowest BCUT2D eigenvalue weighted by Gasteiger charge is -2.08. The van der Waals surface area contributed by atoms with Crippen LogP contribution in [0.4, 0.5) is 0 Å². The Labute approximate surface area is 103 Å². The van der Waals surface area contributed by atoms with E-state index in [4.69, 9.17) is 0 Å². The van der Waals surface area contributed by atoms with Gasteiger partial charge in [0.25, 0.3) is 0 Å². The molecule has 0 fully saturated rings. The predicted octanol–water partition coefficient (Wildman–Crippen LogP) is 3.42. The van der Waals surface area contributed by atoms with Crippen LogP contribution in [0.3, 0.4) is 0 Å². The van der Waals surface area contributed by atoms with Crippen molar-refractivity contribution in [2.75, 3.05) is 13.6 Å². The molecule has 0 aromatic heterocycles. The summed E-state index contributed by atoms with van der Waals surface area (Å²) in [5, 5.41) is 3.19. The van der Waals surface area contributed by atoms with Gasteiger partial charge in [-0.2, -0.15) is 0 Å². The highest BCUT2D eigenvalue weighted by Gasteiger charge is 2.01. The van der Waals surface area contributed by atoms with E-state index in [1.165, 1.54) is 22.3 Å². The van der Waals surface area contributed by atoms with E-state index in [2.05, 4.69) is 60.8 Å². The molecule has 2 aromatic rings. The second kappa shape index (κ2) is 5.65. The number of aryl methyl sites for hydroxylation is 1. The smallest absolute Gasteiger partial charge is 0.00114 e. The first kappa shape index (κ1) is 11.9. The van der Waals surface area contributed by atoms with Crippen molar-refractivity contribution >= 4 is 0 Å². The van der Waals surface area contributed by atoms with Crippen molar-refractivity contribution in [1.29, 1.82) is 0 Å². The maximum atomic E-state index is 3.19. The van der Waals surface area contributed by atoms with E-state index in [0.717, 1.165) is 13.0 Å². The van der Waals surface area contributed by atoms with Crippen LogP contribution < -0.4 is 5.32 Å². The minimum absolute atomic E-state index is 1.03. The third-order valence-electron chi connectivity index (χ3n) is 3.05. The molecule has 0 aliphatic heterocycles. The average molecular weight is 225 g/mol. The monoisotopic (exact) mass is 225 g/mol. The number of likely N-dealkylation sites (N-methyl/N-ethyl adjacent to an activating group) is 1. The van der Waals surface area contributed by atoms with Crippen molar-refractivity contribution in [3.05, 3.63) is 59.7 Å². The van der Waals surface area contributed by atoms with Crippen molar-refractivity contribution in [3.8, 4) is 11.1 Å². The van der Waals surface area contributed by atoms with Gasteiger partial charge in [-0.25, -0.2) is 0 Å². The van der Waals surface area contributed by atoms with Gasteiger partial charge in [0.15, 0.2) is 0 Å². The van der Waals surface area contributed by atoms with Crippen LogP contribution in [0.5, 0.6) is 0 Å². The minimum Gasteiger partial charge on any atom is -0.319 e. The Morgan fingerprint density at radius 3 is 2.59 bits per heavy atom. The fraction of sp³-hybridized carbons (Fsp3) is 0.250. The molecule has 88 valence electrons. The van der Waals surface area contributed by atoms with E-state index in [9.17, 15) is 0 Å². The Morgan fingerprint density at radius 2 is 1.82 bits per heavy atom. The summed E-state index contributed by atoms with van der Waals surface area (Å²) >= 11 is 0. The molecule has 0 saturated heterocycles. The van der Waals surface area contributed by atoms with Crippen LogP contribution in [0, 0.1) is 6.92 Å². The Bertz CT molecular complexity index is 488. The van der Waals surface area contributed by atoms with Crippen LogP contribution in [0.2, 0.25) is 0 Å². The zero-order valence-electron chi connectivity index (χ0n) is 10.5. The minimum atomic E-state index is 1.03. The molecule has 17 heavy (non-hydrogen) atoms. The molecule has 2 aromatic carbocycles. The fourth-order valence-electron chi connectivity index (χ4n) is 2.06. The molecule has 0 aliphatic carbocycles. The molecule has 0 atom stereocenters. The molecular formula is C16H19N. The molecule has 0 heterocycles. The highest BCUT2D eigenvalue weighted by molar-refractivity contribution is 5.67. The lowest BCUT2D eigenvalue weighted by atomic mass is 9.98. The van der Waals surface area contributed by atoms with Crippen molar-refractivity contribution in [2.24, 2.45) is 0 Å². The average Bonchev–Trinajstić information content (AvgIpc) is 2.37. The molecular weight excluding hydrogens is 206 g/mol. The second-order valence-corrected chi connectivity index (χ2v) is 4.37. The Hall–Kier alpha value is -1.60. The first-order valence-electron chi connectivity index (χ1n) is 6.11. The lowest BCUT2D eigenvalue weighted by molar-refractivity contribution is 0.792. The van der Waals surface area contributed by atoms with Crippen LogP contribution in [0.15, 0.2) is 48.5 Å². The Balaban J connectivity index is 2.30. The molecule has 0 spiro atoms. The van der Waals surface area contributed by atoms with Gasteiger partial charge in [0, 0.05) is 0 Å². The van der Waals surface area contributed by atoms with Crippen molar-refractivity contribution < 1.29 is 0 Å². The molecule has 1 N–H and O–H groups in total. The van der Waals surface area contributed by atoms with Crippen LogP contribution in [-0.4, -0.2) is 13.6 Å². The molecule has 0 saturated carbocycles. The summed E-state index contributed by atoms with van der Waals surface area (Å²) in [6, 6.07) is 17.4. The van der Waals surface area contributed by atoms with E-state index in [1.807, 2.05) is 7.05 Å². The maximum absolute atomic E-state index is 3.19. The molecule has 2 rings (SSSR count). The van der Waals surface area contributed by atoms with Crippen molar-refractivity contribution in [3.63, 3.8) is 0 Å². The highest BCUT2D eigenvalue weighted by atomic mass is 14.8. The number of hydrogen-bond donors (Lipinski definition) is 1. The van der Waals surface area contributed by atoms with Gasteiger partial charge in [-0.15, -0.1) is 0 Å². The van der Waals surface area contributed by atoms with Crippen molar-refractivity contribution in [1.82, 2.24) is 5.32 Å². The van der Waals surface area contributed by atoms with E-state index in [-0.39, 0.29) is 0 Å². The molecule has 0 aliphatic rings. The van der Waals surface area contributed by atoms with E-state index in [0.29, 0.717) is 0 Å². The third-order valence-corrected chi connectivity index (χ3v) is 3.05. The van der Waals surface area contributed by atoms with E-state index in [1.54, 1.807) is 0 Å². The summed E-state index contributed by atoms with van der Waals surface area (Å²) in [4.78, 5) is 0. The first-order valence-corrected chi connectivity index (χ1v) is 6.11. The molecule has 1 heteroatoms. The Kier molecular flexibility index (Phi) is 3.94. The molecule has 0 radical (unpaired) electrons. The van der Waals surface area contributed by atoms with Crippen LogP contribution in [0.1, 0.15) is 11.1 Å². The predicted molar refractivity (Wildman–Crippen MR) is 74.2 cm³/mol. The summed E-state index contributed by atoms with van der Waals surface area (Å²) < 4.78 is 0. The lowest BCUT2D eigenvalue weighted by Crippen LogP contribution is -2.10. The largest absolute Gasteiger partial charge is 0.319 e. The molecule has 0 amide bonds. The first-order chi connectivity index (χ1) is 8.31. The van der Waals surface area contributed by atoms with E-state index >= 15 is 0 Å². The molecule has 1 nitrogen and oxygen atoms in total. The summed E-state index contributed by atoms with van der Waals surface area (Å²) in [7, 11) is 1.99. The van der Waals surface area contributed by atoms with Gasteiger partial charge in [-0.05, 0) is 49.2 Å². The Morgan fingerprint density at radius 1 is 1.00 bits per heavy atom. The van der Waals surface area contributed by atoms with Crippen LogP contribution in [-0.2, 0) is 6.42 Å². The normalized spacial score (nSPS) is 10.5. The number of rotatable bonds is 4. The molecule has 0 unspecified atom stereocenters. The van der Waals surface area contributed by atoms with Gasteiger partial charge < -0.3 is 5.32 Å². The SMILES string of the molecule is CNCCc1cccc(-c2ccccc2C)c1. The highest BCUT2D eigenvalue weighted by Crippen LogP contribution is 2.23. The maximum Gasteiger partial charge on any atom is -0.00114 e. The van der Waals surface area contributed by atoms with Gasteiger partial charge in [-0.3, -0.25) is 0 Å². The summed E-state index contributed by atoms with van der Waals surface area (Å²) in [5.41, 5.74) is 5.37. The van der Waals surface area contributed by atoms with Gasteiger partial charge in [0.1, 0.15) is 0 Å². The summed E-state index contributed by atoms with van der Waals surface area (Å²) in [6.07, 6.45) is 1.08. The van der Waals surface area contributed by atoms with Gasteiger partial charge in [0.05, 0.1) is 0 Å². The number of nitrogens with one attached hydrogen (secondary N) is 1. The van der Waals surface area contributed by atoms with Crippen molar-refractivity contribution in [2.45, 2.75) is 13.3 Å². The second-order valence-electron chi connectivity index (χ2n) is 4.37. The van der Waals surface area contributed by atoms with Crippen LogP contribution in [0.25, 0.3) is 11.1 Å². The molecule has 0 bridgehead atoms. The van der Waals surface area contributed by atoms with Gasteiger partial charge in [-0.1, -0.05) is 48.5 Å². The fourth-order valence-corrected chi connectivity index (χ4v) is 2.06. The number of hydrogen-bond acceptors (Lipinski definition) is 1. The quantitative estimate of drug-likeness (QED) is 0.840. The summed E-state index contributed by atoms with van der Waals surface area (Å²) in [5.74, 6) is 0.